The van der Waals surface area contributed by atoms with Crippen LogP contribution in [0.3, 0.4) is 0 Å². The maximum atomic E-state index is 12.5. The van der Waals surface area contributed by atoms with E-state index in [-0.39, 0.29) is 11.3 Å². The van der Waals surface area contributed by atoms with E-state index in [1.807, 2.05) is 0 Å². The quantitative estimate of drug-likeness (QED) is 0.736. The van der Waals surface area contributed by atoms with E-state index in [1.165, 1.54) is 7.11 Å². The highest BCUT2D eigenvalue weighted by Gasteiger charge is 2.22. The summed E-state index contributed by atoms with van der Waals surface area (Å²) in [5.74, 6) is -0.147. The lowest BCUT2D eigenvalue weighted by Gasteiger charge is -2.09. The molecule has 0 aliphatic rings. The predicted molar refractivity (Wildman–Crippen MR) is 45.9 cm³/mol. The Balaban J connectivity index is 3.35. The van der Waals surface area contributed by atoms with Gasteiger partial charge < -0.3 is 4.74 Å². The van der Waals surface area contributed by atoms with E-state index in [0.29, 0.717) is 0 Å². The van der Waals surface area contributed by atoms with E-state index in [1.54, 1.807) is 0 Å². The van der Waals surface area contributed by atoms with E-state index in [0.717, 1.165) is 12.4 Å². The monoisotopic (exact) mass is 221 g/mol. The van der Waals surface area contributed by atoms with Crippen LogP contribution in [-0.4, -0.2) is 17.3 Å². The van der Waals surface area contributed by atoms with Crippen LogP contribution in [0.2, 0.25) is 0 Å². The van der Waals surface area contributed by atoms with Gasteiger partial charge in [-0.25, -0.2) is 8.78 Å². The van der Waals surface area contributed by atoms with Gasteiger partial charge in [0.15, 0.2) is 0 Å². The summed E-state index contributed by atoms with van der Waals surface area (Å²) in [5.41, 5.74) is -0.858. The Morgan fingerprint density at radius 3 is 2.64 bits per heavy atom. The molecule has 0 atom stereocenters. The Hall–Kier alpha value is -1.23. The summed E-state index contributed by atoms with van der Waals surface area (Å²) in [6, 6.07) is 0. The molecule has 1 heterocycles. The molecule has 0 fully saturated rings. The molecule has 0 unspecified atom stereocenters. The van der Waals surface area contributed by atoms with E-state index < -0.39 is 17.2 Å². The van der Waals surface area contributed by atoms with Crippen molar-refractivity contribution >= 4 is 16.8 Å². The Morgan fingerprint density at radius 1 is 1.57 bits per heavy atom. The molecule has 0 aliphatic carbocycles. The van der Waals surface area contributed by atoms with Gasteiger partial charge in [-0.15, -0.1) is 0 Å². The van der Waals surface area contributed by atoms with Gasteiger partial charge in [0.25, 0.3) is 11.7 Å². The highest BCUT2D eigenvalue weighted by Crippen LogP contribution is 2.31. The van der Waals surface area contributed by atoms with Gasteiger partial charge in [-0.2, -0.15) is 0 Å². The van der Waals surface area contributed by atoms with Crippen LogP contribution < -0.4 is 4.74 Å². The number of aromatic nitrogens is 1. The number of carbonyl (C=O) groups excluding carboxylic acids is 1. The third-order valence-electron chi connectivity index (χ3n) is 1.60. The zero-order valence-corrected chi connectivity index (χ0v) is 7.89. The maximum absolute atomic E-state index is 12.5. The number of hydrogen-bond acceptors (Lipinski definition) is 3. The van der Waals surface area contributed by atoms with Crippen molar-refractivity contribution in [1.82, 2.24) is 4.98 Å². The number of pyridine rings is 1. The molecule has 1 aromatic rings. The van der Waals surface area contributed by atoms with Crippen LogP contribution in [0.4, 0.5) is 8.78 Å². The number of rotatable bonds is 3. The molecule has 0 bridgehead atoms. The second kappa shape index (κ2) is 4.32. The maximum Gasteiger partial charge on any atom is 0.268 e. The van der Waals surface area contributed by atoms with Gasteiger partial charge >= 0.3 is 0 Å². The summed E-state index contributed by atoms with van der Waals surface area (Å²) in [4.78, 5) is 14.3. The summed E-state index contributed by atoms with van der Waals surface area (Å²) in [5, 5.41) is -0.980. The molecule has 0 spiro atoms. The second-order valence-corrected chi connectivity index (χ2v) is 2.72. The minimum atomic E-state index is -2.83. The Bertz CT molecular complexity index is 357. The van der Waals surface area contributed by atoms with Crippen molar-refractivity contribution in [3.8, 4) is 5.75 Å². The first-order valence-electron chi connectivity index (χ1n) is 3.57. The first-order chi connectivity index (χ1) is 6.57. The van der Waals surface area contributed by atoms with Gasteiger partial charge in [0, 0.05) is 6.20 Å². The summed E-state index contributed by atoms with van der Waals surface area (Å²) >= 11 is 5.11. The van der Waals surface area contributed by atoms with Gasteiger partial charge in [0.05, 0.1) is 24.4 Å². The molecule has 1 rings (SSSR count). The number of ether oxygens (including phenoxy) is 1. The topological polar surface area (TPSA) is 39.2 Å². The highest BCUT2D eigenvalue weighted by atomic mass is 35.5. The lowest BCUT2D eigenvalue weighted by molar-refractivity contribution is 0.106. The standard InChI is InChI=1S/C8H6ClF2NO2/c1-14-5-3-12-2-4(7(9)13)6(5)8(10)11/h2-3,8H,1H3. The summed E-state index contributed by atoms with van der Waals surface area (Å²) < 4.78 is 29.7. The number of methoxy groups -OCH3 is 1. The van der Waals surface area contributed by atoms with Gasteiger partial charge in [-0.1, -0.05) is 0 Å². The molecule has 0 saturated carbocycles. The van der Waals surface area contributed by atoms with Gasteiger partial charge in [-0.3, -0.25) is 9.78 Å². The SMILES string of the molecule is COc1cncc(C(=O)Cl)c1C(F)F. The number of carbonyl (C=O) groups is 1. The van der Waals surface area contributed by atoms with Gasteiger partial charge in [0.2, 0.25) is 0 Å². The Kier molecular flexibility index (Phi) is 3.35. The first kappa shape index (κ1) is 10.8. The molecular weight excluding hydrogens is 216 g/mol. The zero-order chi connectivity index (χ0) is 10.7. The molecule has 76 valence electrons. The summed E-state index contributed by atoms with van der Waals surface area (Å²) in [7, 11) is 1.21. The molecular formula is C8H6ClF2NO2. The average molecular weight is 222 g/mol. The molecule has 0 N–H and O–H groups in total. The molecule has 0 aromatic carbocycles. The van der Waals surface area contributed by atoms with Crippen LogP contribution in [0.1, 0.15) is 22.3 Å². The molecule has 0 amide bonds. The molecule has 0 aliphatic heterocycles. The van der Waals surface area contributed by atoms with Crippen LogP contribution >= 0.6 is 11.6 Å². The number of halogens is 3. The van der Waals surface area contributed by atoms with E-state index >= 15 is 0 Å². The normalized spacial score (nSPS) is 10.4. The van der Waals surface area contributed by atoms with Gasteiger partial charge in [-0.05, 0) is 11.6 Å². The van der Waals surface area contributed by atoms with E-state index in [9.17, 15) is 13.6 Å². The fourth-order valence-electron chi connectivity index (χ4n) is 0.996. The molecule has 1 aromatic heterocycles. The van der Waals surface area contributed by atoms with Crippen LogP contribution in [0.15, 0.2) is 12.4 Å². The summed E-state index contributed by atoms with van der Waals surface area (Å²) in [6.07, 6.45) is -0.741. The van der Waals surface area contributed by atoms with Crippen molar-refractivity contribution in [2.75, 3.05) is 7.11 Å². The minimum Gasteiger partial charge on any atom is -0.495 e. The third-order valence-corrected chi connectivity index (χ3v) is 1.80. The predicted octanol–water partition coefficient (Wildman–Crippen LogP) is 2.41. The fourth-order valence-corrected chi connectivity index (χ4v) is 1.15. The fraction of sp³-hybridized carbons (Fsp3) is 0.250. The first-order valence-corrected chi connectivity index (χ1v) is 3.95. The molecule has 6 heteroatoms. The number of alkyl halides is 2. The number of nitrogens with zero attached hydrogens (tertiary/aromatic N) is 1. The van der Waals surface area contributed by atoms with Crippen molar-refractivity contribution < 1.29 is 18.3 Å². The van der Waals surface area contributed by atoms with Crippen LogP contribution in [0, 0.1) is 0 Å². The van der Waals surface area contributed by atoms with Crippen LogP contribution in [0.25, 0.3) is 0 Å². The van der Waals surface area contributed by atoms with Crippen LogP contribution in [-0.2, 0) is 0 Å². The van der Waals surface area contributed by atoms with Crippen molar-refractivity contribution in [3.05, 3.63) is 23.5 Å². The molecule has 14 heavy (non-hydrogen) atoms. The lowest BCUT2D eigenvalue weighted by Crippen LogP contribution is -2.02. The van der Waals surface area contributed by atoms with Crippen molar-refractivity contribution in [3.63, 3.8) is 0 Å². The van der Waals surface area contributed by atoms with Crippen molar-refractivity contribution in [2.45, 2.75) is 6.43 Å². The van der Waals surface area contributed by atoms with Crippen LogP contribution in [0.5, 0.6) is 5.75 Å². The molecule has 0 radical (unpaired) electrons. The summed E-state index contributed by atoms with van der Waals surface area (Å²) in [6.45, 7) is 0. The molecule has 0 saturated heterocycles. The average Bonchev–Trinajstić information content (AvgIpc) is 2.16. The zero-order valence-electron chi connectivity index (χ0n) is 7.13. The molecule has 3 nitrogen and oxygen atoms in total. The van der Waals surface area contributed by atoms with Crippen molar-refractivity contribution in [1.29, 1.82) is 0 Å². The smallest absolute Gasteiger partial charge is 0.268 e. The second-order valence-electron chi connectivity index (χ2n) is 2.38. The minimum absolute atomic E-state index is 0.147. The lowest BCUT2D eigenvalue weighted by atomic mass is 10.1. The Morgan fingerprint density at radius 2 is 2.21 bits per heavy atom. The third kappa shape index (κ3) is 1.98. The van der Waals surface area contributed by atoms with E-state index in [2.05, 4.69) is 9.72 Å². The van der Waals surface area contributed by atoms with Gasteiger partial charge in [0.1, 0.15) is 5.75 Å². The Labute approximate surface area is 83.7 Å². The number of hydrogen-bond donors (Lipinski definition) is 0. The van der Waals surface area contributed by atoms with E-state index in [4.69, 9.17) is 11.6 Å². The van der Waals surface area contributed by atoms with Crippen molar-refractivity contribution in [2.24, 2.45) is 0 Å². The largest absolute Gasteiger partial charge is 0.495 e. The highest BCUT2D eigenvalue weighted by molar-refractivity contribution is 6.67.